The van der Waals surface area contributed by atoms with Gasteiger partial charge in [-0.25, -0.2) is 9.13 Å². The van der Waals surface area contributed by atoms with Crippen molar-refractivity contribution in [1.29, 1.82) is 0 Å². The molecule has 0 bridgehead atoms. The fourth-order valence-corrected chi connectivity index (χ4v) is 11.9. The van der Waals surface area contributed by atoms with Gasteiger partial charge in [0.15, 0.2) is 6.10 Å². The number of hydrogen-bond donors (Lipinski definition) is 4. The molecule has 0 aromatic heterocycles. The molecule has 0 fully saturated rings. The van der Waals surface area contributed by atoms with Gasteiger partial charge in [0, 0.05) is 19.3 Å². The Morgan fingerprint density at radius 2 is 0.558 bits per heavy atom. The maximum Gasteiger partial charge on any atom is 0.472 e. The number of carbonyl (C=O) groups is 3. The van der Waals surface area contributed by atoms with E-state index in [1.807, 2.05) is 0 Å². The summed E-state index contributed by atoms with van der Waals surface area (Å²) >= 11 is 0. The second-order valence-corrected chi connectivity index (χ2v) is 28.3. The van der Waals surface area contributed by atoms with E-state index in [1.165, 1.54) is 148 Å². The predicted octanol–water partition coefficient (Wildman–Crippen LogP) is 21.7. The van der Waals surface area contributed by atoms with E-state index in [4.69, 9.17) is 32.3 Å². The molecule has 0 rings (SSSR count). The number of aliphatic hydroxyl groups is 2. The summed E-state index contributed by atoms with van der Waals surface area (Å²) in [5.41, 5.74) is 0. The molecule has 0 saturated heterocycles. The van der Waals surface area contributed by atoms with E-state index in [0.717, 1.165) is 122 Å². The van der Waals surface area contributed by atoms with E-state index >= 15 is 0 Å². The molecule has 5 atom stereocenters. The van der Waals surface area contributed by atoms with Crippen molar-refractivity contribution in [3.05, 3.63) is 85.1 Å². The van der Waals surface area contributed by atoms with Crippen molar-refractivity contribution in [2.45, 2.75) is 347 Å². The van der Waals surface area contributed by atoms with E-state index in [1.54, 1.807) is 0 Å². The van der Waals surface area contributed by atoms with E-state index < -0.39 is 91.5 Å². The third-order valence-corrected chi connectivity index (χ3v) is 18.0. The van der Waals surface area contributed by atoms with Crippen LogP contribution in [-0.2, 0) is 55.8 Å². The number of esters is 3. The van der Waals surface area contributed by atoms with Crippen molar-refractivity contribution in [2.75, 3.05) is 39.6 Å². The van der Waals surface area contributed by atoms with Gasteiger partial charge in [0.2, 0.25) is 0 Å². The normalized spacial score (nSPS) is 14.6. The van der Waals surface area contributed by atoms with Gasteiger partial charge >= 0.3 is 33.6 Å². The lowest BCUT2D eigenvalue weighted by Gasteiger charge is -2.21. The molecule has 18 heteroatoms. The smallest absolute Gasteiger partial charge is 0.463 e. The molecule has 0 aliphatic heterocycles. The first-order valence-corrected chi connectivity index (χ1v) is 40.9. The van der Waals surface area contributed by atoms with Crippen LogP contribution in [0.3, 0.4) is 0 Å². The number of hydrogen-bond acceptors (Lipinski definition) is 14. The Balaban J connectivity index is 4.26. The average Bonchev–Trinajstić information content (AvgIpc) is 3.02. The monoisotopic (exact) mass is 1380 g/mol. The van der Waals surface area contributed by atoms with Gasteiger partial charge in [-0.05, 0) is 96.3 Å². The zero-order chi connectivity index (χ0) is 69.5. The quantitative estimate of drug-likeness (QED) is 0.0146. The van der Waals surface area contributed by atoms with Crippen LogP contribution in [0.1, 0.15) is 329 Å². The molecule has 0 saturated carbocycles. The first-order valence-electron chi connectivity index (χ1n) is 37.9. The van der Waals surface area contributed by atoms with Crippen LogP contribution in [0, 0.1) is 0 Å². The second-order valence-electron chi connectivity index (χ2n) is 25.4. The molecule has 0 radical (unpaired) electrons. The number of allylic oxidation sites excluding steroid dienone is 14. The first-order chi connectivity index (χ1) is 46.2. The molecule has 552 valence electrons. The average molecular weight is 1380 g/mol. The molecule has 16 nitrogen and oxygen atoms in total. The molecule has 5 unspecified atom stereocenters. The summed E-state index contributed by atoms with van der Waals surface area (Å²) in [6, 6.07) is 0. The number of rotatable bonds is 72. The highest BCUT2D eigenvalue weighted by molar-refractivity contribution is 7.47. The first kappa shape index (κ1) is 91.7. The van der Waals surface area contributed by atoms with Gasteiger partial charge in [0.1, 0.15) is 25.4 Å². The Morgan fingerprint density at radius 1 is 0.305 bits per heavy atom. The van der Waals surface area contributed by atoms with Crippen LogP contribution in [0.5, 0.6) is 0 Å². The zero-order valence-corrected chi connectivity index (χ0v) is 61.9. The van der Waals surface area contributed by atoms with Gasteiger partial charge in [-0.3, -0.25) is 32.5 Å². The summed E-state index contributed by atoms with van der Waals surface area (Å²) in [5.74, 6) is -1.57. The lowest BCUT2D eigenvalue weighted by molar-refractivity contribution is -0.161. The summed E-state index contributed by atoms with van der Waals surface area (Å²) in [7, 11) is -9.76. The molecule has 0 aromatic carbocycles. The molecule has 0 amide bonds. The minimum atomic E-state index is -4.91. The number of phosphoric ester groups is 2. The van der Waals surface area contributed by atoms with Crippen LogP contribution in [-0.4, -0.2) is 95.9 Å². The number of ether oxygens (including phenoxy) is 3. The summed E-state index contributed by atoms with van der Waals surface area (Å²) in [6.45, 7) is 2.55. The van der Waals surface area contributed by atoms with Crippen molar-refractivity contribution in [2.24, 2.45) is 0 Å². The fourth-order valence-electron chi connectivity index (χ4n) is 10.3. The predicted molar refractivity (Wildman–Crippen MR) is 390 cm³/mol. The van der Waals surface area contributed by atoms with Gasteiger partial charge in [0.05, 0.1) is 26.4 Å². The summed E-state index contributed by atoms with van der Waals surface area (Å²) in [5, 5.41) is 20.6. The zero-order valence-electron chi connectivity index (χ0n) is 60.1. The fraction of sp³-hybridized carbons (Fsp3) is 0.779. The Hall–Kier alpha value is -3.27. The van der Waals surface area contributed by atoms with Crippen LogP contribution in [0.15, 0.2) is 85.1 Å². The highest BCUT2D eigenvalue weighted by atomic mass is 31.2. The number of unbranched alkanes of at least 4 members (excludes halogenated alkanes) is 35. The molecular formula is C77H138O16P2. The van der Waals surface area contributed by atoms with E-state index in [-0.39, 0.29) is 19.3 Å². The Morgan fingerprint density at radius 3 is 0.905 bits per heavy atom. The topological polar surface area (TPSA) is 231 Å². The molecule has 0 spiro atoms. The van der Waals surface area contributed by atoms with Crippen LogP contribution >= 0.6 is 15.6 Å². The molecule has 4 N–H and O–H groups in total. The SMILES string of the molecule is CC/C=C\C/C=C\C/C=C\C/C=C\C/C=C\C/C=C\CCCCCCCCCCCCCCCCCCC(=O)OCC(O)COP(=O)(O)OCC(O)COP(=O)(O)OCC(COC(=O)CCCCCCC/C=C\CCCCCC)OC(=O)CCCCCCCCCCCCC. The van der Waals surface area contributed by atoms with Gasteiger partial charge in [-0.1, -0.05) is 298 Å². The Labute approximate surface area is 578 Å². The highest BCUT2D eigenvalue weighted by Gasteiger charge is 2.29. The van der Waals surface area contributed by atoms with Crippen molar-refractivity contribution < 1.29 is 75.8 Å². The lowest BCUT2D eigenvalue weighted by Crippen LogP contribution is -2.30. The van der Waals surface area contributed by atoms with Gasteiger partial charge in [-0.15, -0.1) is 0 Å². The number of aliphatic hydroxyl groups excluding tert-OH is 2. The van der Waals surface area contributed by atoms with Crippen LogP contribution < -0.4 is 0 Å². The minimum Gasteiger partial charge on any atom is -0.463 e. The maximum absolute atomic E-state index is 12.9. The highest BCUT2D eigenvalue weighted by Crippen LogP contribution is 2.45. The third kappa shape index (κ3) is 71.8. The number of phosphoric acid groups is 2. The van der Waals surface area contributed by atoms with E-state index in [9.17, 15) is 43.5 Å². The van der Waals surface area contributed by atoms with Crippen LogP contribution in [0.25, 0.3) is 0 Å². The third-order valence-electron chi connectivity index (χ3n) is 16.1. The van der Waals surface area contributed by atoms with E-state index in [0.29, 0.717) is 19.3 Å². The largest absolute Gasteiger partial charge is 0.472 e. The lowest BCUT2D eigenvalue weighted by atomic mass is 10.0. The van der Waals surface area contributed by atoms with Gasteiger partial charge in [-0.2, -0.15) is 0 Å². The van der Waals surface area contributed by atoms with Gasteiger partial charge in [0.25, 0.3) is 0 Å². The summed E-state index contributed by atoms with van der Waals surface area (Å²) in [4.78, 5) is 58.3. The molecule has 0 heterocycles. The molecule has 0 aromatic rings. The molecule has 95 heavy (non-hydrogen) atoms. The summed E-state index contributed by atoms with van der Waals surface area (Å²) in [6.07, 6.45) is 78.2. The second kappa shape index (κ2) is 70.6. The summed E-state index contributed by atoms with van der Waals surface area (Å²) < 4.78 is 60.9. The maximum atomic E-state index is 12.9. The Kier molecular flexibility index (Phi) is 68.2. The van der Waals surface area contributed by atoms with Crippen molar-refractivity contribution >= 4 is 33.6 Å². The number of carbonyl (C=O) groups excluding carboxylic acids is 3. The minimum absolute atomic E-state index is 0.109. The van der Waals surface area contributed by atoms with Crippen molar-refractivity contribution in [1.82, 2.24) is 0 Å². The Bertz CT molecular complexity index is 2070. The van der Waals surface area contributed by atoms with Crippen LogP contribution in [0.2, 0.25) is 0 Å². The standard InChI is InChI=1S/C77H138O16P2/c1-4-7-10-13-16-19-22-24-25-26-27-28-29-30-31-32-33-34-35-36-37-38-39-40-41-42-43-44-45-47-50-51-54-57-60-63-75(80)87-66-72(78)67-89-94(83,84)90-68-73(79)69-91-95(85,86)92-71-74(93-77(82)65-62-59-56-53-48-21-18-15-12-9-6-3)70-88-76(81)64-61-58-55-52-49-46-23-20-17-14-11-8-5-2/h7,10,16,19-20,23-25,27-28,30-31,33-34,72-74,78-79H,4-6,8-9,11-15,17-18,21-22,26,29,32,35-71H2,1-3H3,(H,83,84)(H,85,86)/b10-7-,19-16-,23-20-,25-24-,28-27-,31-30-,34-33-. The molecular weight excluding hydrogens is 1240 g/mol. The van der Waals surface area contributed by atoms with Crippen LogP contribution in [0.4, 0.5) is 0 Å². The van der Waals surface area contributed by atoms with Crippen molar-refractivity contribution in [3.63, 3.8) is 0 Å². The van der Waals surface area contributed by atoms with E-state index in [2.05, 4.69) is 106 Å². The molecule has 0 aliphatic rings. The molecule has 0 aliphatic carbocycles. The van der Waals surface area contributed by atoms with Gasteiger partial charge < -0.3 is 34.2 Å². The van der Waals surface area contributed by atoms with Crippen molar-refractivity contribution in [3.8, 4) is 0 Å².